The van der Waals surface area contributed by atoms with E-state index in [1.165, 1.54) is 0 Å². The van der Waals surface area contributed by atoms with Crippen LogP contribution in [0.5, 0.6) is 5.75 Å². The summed E-state index contributed by atoms with van der Waals surface area (Å²) in [5.74, 6) is 2.47. The van der Waals surface area contributed by atoms with Gasteiger partial charge in [-0.1, -0.05) is 0 Å². The molecule has 0 spiro atoms. The maximum atomic E-state index is 9.35. The van der Waals surface area contributed by atoms with Crippen LogP contribution in [0.1, 0.15) is 18.3 Å². The molecule has 0 amide bonds. The SMILES string of the molecule is CC(=NNc1cc(N2CCOCC2)nc(C)n1)c1ccc(O)cc1. The molecule has 0 radical (unpaired) electrons. The van der Waals surface area contributed by atoms with Crippen LogP contribution in [0.4, 0.5) is 11.6 Å². The molecule has 2 N–H and O–H groups in total. The van der Waals surface area contributed by atoms with Crippen molar-refractivity contribution < 1.29 is 9.84 Å². The van der Waals surface area contributed by atoms with E-state index in [1.54, 1.807) is 12.1 Å². The zero-order valence-electron chi connectivity index (χ0n) is 13.9. The maximum absolute atomic E-state index is 9.35. The molecule has 0 atom stereocenters. The van der Waals surface area contributed by atoms with Gasteiger partial charge in [-0.3, -0.25) is 5.43 Å². The van der Waals surface area contributed by atoms with Gasteiger partial charge in [0.15, 0.2) is 5.82 Å². The first-order chi connectivity index (χ1) is 11.6. The molecule has 1 aliphatic heterocycles. The molecular formula is C17H21N5O2. The fourth-order valence-electron chi connectivity index (χ4n) is 2.47. The van der Waals surface area contributed by atoms with Gasteiger partial charge in [-0.25, -0.2) is 9.97 Å². The van der Waals surface area contributed by atoms with Gasteiger partial charge in [0.2, 0.25) is 0 Å². The van der Waals surface area contributed by atoms with Crippen molar-refractivity contribution in [1.29, 1.82) is 0 Å². The number of hydrogen-bond acceptors (Lipinski definition) is 7. The zero-order valence-corrected chi connectivity index (χ0v) is 13.9. The molecule has 126 valence electrons. The molecule has 2 heterocycles. The highest BCUT2D eigenvalue weighted by atomic mass is 16.5. The van der Waals surface area contributed by atoms with E-state index in [2.05, 4.69) is 25.4 Å². The van der Waals surface area contributed by atoms with Crippen LogP contribution in [0, 0.1) is 6.92 Å². The number of ether oxygens (including phenoxy) is 1. The lowest BCUT2D eigenvalue weighted by molar-refractivity contribution is 0.122. The summed E-state index contributed by atoms with van der Waals surface area (Å²) >= 11 is 0. The number of aromatic nitrogens is 2. The molecule has 0 saturated carbocycles. The number of benzene rings is 1. The number of morpholine rings is 1. The van der Waals surface area contributed by atoms with Gasteiger partial charge in [-0.15, -0.1) is 0 Å². The predicted molar refractivity (Wildman–Crippen MR) is 93.7 cm³/mol. The van der Waals surface area contributed by atoms with Crippen molar-refractivity contribution in [2.75, 3.05) is 36.6 Å². The lowest BCUT2D eigenvalue weighted by Gasteiger charge is -2.28. The zero-order chi connectivity index (χ0) is 16.9. The number of phenolic OH excluding ortho intramolecular Hbond substituents is 1. The molecule has 1 aliphatic rings. The number of rotatable bonds is 4. The van der Waals surface area contributed by atoms with E-state index in [1.807, 2.05) is 32.0 Å². The summed E-state index contributed by atoms with van der Waals surface area (Å²) < 4.78 is 5.38. The van der Waals surface area contributed by atoms with Gasteiger partial charge >= 0.3 is 0 Å². The highest BCUT2D eigenvalue weighted by molar-refractivity contribution is 5.99. The molecule has 7 nitrogen and oxygen atoms in total. The first-order valence-corrected chi connectivity index (χ1v) is 7.90. The number of anilines is 2. The van der Waals surface area contributed by atoms with E-state index < -0.39 is 0 Å². The molecule has 24 heavy (non-hydrogen) atoms. The third-order valence-electron chi connectivity index (χ3n) is 3.78. The Labute approximate surface area is 141 Å². The van der Waals surface area contributed by atoms with Crippen LogP contribution in [0.25, 0.3) is 0 Å². The molecule has 1 fully saturated rings. The van der Waals surface area contributed by atoms with Crippen molar-refractivity contribution in [2.24, 2.45) is 5.10 Å². The van der Waals surface area contributed by atoms with E-state index in [-0.39, 0.29) is 5.75 Å². The Hall–Kier alpha value is -2.67. The molecule has 1 saturated heterocycles. The summed E-state index contributed by atoms with van der Waals surface area (Å²) in [4.78, 5) is 11.1. The fourth-order valence-corrected chi connectivity index (χ4v) is 2.47. The van der Waals surface area contributed by atoms with Crippen LogP contribution in [-0.2, 0) is 4.74 Å². The molecule has 0 bridgehead atoms. The highest BCUT2D eigenvalue weighted by Crippen LogP contribution is 2.17. The number of aryl methyl sites for hydroxylation is 1. The molecule has 7 heteroatoms. The van der Waals surface area contributed by atoms with Crippen LogP contribution in [0.3, 0.4) is 0 Å². The standard InChI is InChI=1S/C17H21N5O2/c1-12(14-3-5-15(23)6-4-14)20-21-16-11-17(19-13(2)18-16)22-7-9-24-10-8-22/h3-6,11,23H,7-10H2,1-2H3,(H,18,19,21). The Morgan fingerprint density at radius 1 is 1.21 bits per heavy atom. The van der Waals surface area contributed by atoms with E-state index in [0.717, 1.165) is 30.2 Å². The van der Waals surface area contributed by atoms with Crippen molar-refractivity contribution in [3.8, 4) is 5.75 Å². The van der Waals surface area contributed by atoms with Crippen molar-refractivity contribution in [3.63, 3.8) is 0 Å². The number of hydrogen-bond donors (Lipinski definition) is 2. The summed E-state index contributed by atoms with van der Waals surface area (Å²) in [6.07, 6.45) is 0. The van der Waals surface area contributed by atoms with Crippen molar-refractivity contribution in [3.05, 3.63) is 41.7 Å². The quantitative estimate of drug-likeness (QED) is 0.661. The number of hydrazone groups is 1. The van der Waals surface area contributed by atoms with Gasteiger partial charge in [-0.2, -0.15) is 5.10 Å². The number of aromatic hydroxyl groups is 1. The smallest absolute Gasteiger partial charge is 0.152 e. The topological polar surface area (TPSA) is 82.9 Å². The minimum Gasteiger partial charge on any atom is -0.508 e. The van der Waals surface area contributed by atoms with Crippen LogP contribution in [0.2, 0.25) is 0 Å². The van der Waals surface area contributed by atoms with Crippen LogP contribution < -0.4 is 10.3 Å². The summed E-state index contributed by atoms with van der Waals surface area (Å²) in [7, 11) is 0. The molecule has 2 aromatic rings. The third kappa shape index (κ3) is 3.99. The number of nitrogens with zero attached hydrogens (tertiary/aromatic N) is 4. The highest BCUT2D eigenvalue weighted by Gasteiger charge is 2.14. The van der Waals surface area contributed by atoms with Gasteiger partial charge in [0, 0.05) is 19.2 Å². The van der Waals surface area contributed by atoms with Crippen LogP contribution in [0.15, 0.2) is 35.4 Å². The minimum atomic E-state index is 0.237. The van der Waals surface area contributed by atoms with Gasteiger partial charge < -0.3 is 14.7 Å². The second-order valence-electron chi connectivity index (χ2n) is 5.61. The summed E-state index contributed by atoms with van der Waals surface area (Å²) in [5, 5.41) is 13.7. The Kier molecular flexibility index (Phi) is 4.90. The van der Waals surface area contributed by atoms with Crippen LogP contribution in [-0.4, -0.2) is 47.1 Å². The molecule has 1 aromatic carbocycles. The van der Waals surface area contributed by atoms with Crippen LogP contribution >= 0.6 is 0 Å². The summed E-state index contributed by atoms with van der Waals surface area (Å²) in [6, 6.07) is 8.81. The molecule has 0 aliphatic carbocycles. The van der Waals surface area contributed by atoms with Crippen molar-refractivity contribution in [2.45, 2.75) is 13.8 Å². The normalized spacial score (nSPS) is 15.4. The molecule has 1 aromatic heterocycles. The van der Waals surface area contributed by atoms with Gasteiger partial charge in [0.1, 0.15) is 17.4 Å². The Morgan fingerprint density at radius 2 is 1.92 bits per heavy atom. The van der Waals surface area contributed by atoms with E-state index >= 15 is 0 Å². The second kappa shape index (κ2) is 7.27. The molecule has 0 unspecified atom stereocenters. The van der Waals surface area contributed by atoms with E-state index in [0.29, 0.717) is 24.9 Å². The average Bonchev–Trinajstić information content (AvgIpc) is 2.60. The van der Waals surface area contributed by atoms with Crippen molar-refractivity contribution in [1.82, 2.24) is 9.97 Å². The number of phenols is 1. The van der Waals surface area contributed by atoms with Crippen molar-refractivity contribution >= 4 is 17.3 Å². The van der Waals surface area contributed by atoms with Gasteiger partial charge in [0.05, 0.1) is 18.9 Å². The Bertz CT molecular complexity index is 724. The first kappa shape index (κ1) is 16.2. The molecular weight excluding hydrogens is 306 g/mol. The molecule has 3 rings (SSSR count). The first-order valence-electron chi connectivity index (χ1n) is 7.90. The van der Waals surface area contributed by atoms with Gasteiger partial charge in [0.25, 0.3) is 0 Å². The Morgan fingerprint density at radius 3 is 2.62 bits per heavy atom. The second-order valence-corrected chi connectivity index (χ2v) is 5.61. The lowest BCUT2D eigenvalue weighted by Crippen LogP contribution is -2.36. The minimum absolute atomic E-state index is 0.237. The monoisotopic (exact) mass is 327 g/mol. The van der Waals surface area contributed by atoms with Gasteiger partial charge in [-0.05, 0) is 43.7 Å². The lowest BCUT2D eigenvalue weighted by atomic mass is 10.1. The van der Waals surface area contributed by atoms with E-state index in [9.17, 15) is 5.11 Å². The summed E-state index contributed by atoms with van der Waals surface area (Å²) in [5.41, 5.74) is 4.73. The largest absolute Gasteiger partial charge is 0.508 e. The third-order valence-corrected chi connectivity index (χ3v) is 3.78. The average molecular weight is 327 g/mol. The number of nitrogens with one attached hydrogen (secondary N) is 1. The fraction of sp³-hybridized carbons (Fsp3) is 0.353. The Balaban J connectivity index is 1.75. The summed E-state index contributed by atoms with van der Waals surface area (Å²) in [6.45, 7) is 6.84. The van der Waals surface area contributed by atoms with E-state index in [4.69, 9.17) is 4.74 Å². The predicted octanol–water partition coefficient (Wildman–Crippen LogP) is 2.16. The maximum Gasteiger partial charge on any atom is 0.152 e.